The van der Waals surface area contributed by atoms with Crippen LogP contribution in [0.3, 0.4) is 0 Å². The molecule has 118 valence electrons. The third-order valence-corrected chi connectivity index (χ3v) is 3.37. The van der Waals surface area contributed by atoms with Gasteiger partial charge in [-0.15, -0.1) is 0 Å². The van der Waals surface area contributed by atoms with E-state index in [-0.39, 0.29) is 5.56 Å². The SMILES string of the molecule is COc1cc(C=Nn2c(C)cc(C)c(C#N)c2=O)cc(OC)c1. The molecule has 1 aromatic carbocycles. The van der Waals surface area contributed by atoms with Crippen LogP contribution < -0.4 is 15.0 Å². The molecular weight excluding hydrogens is 294 g/mol. The van der Waals surface area contributed by atoms with Crippen molar-refractivity contribution in [1.29, 1.82) is 5.26 Å². The lowest BCUT2D eigenvalue weighted by Crippen LogP contribution is -2.22. The summed E-state index contributed by atoms with van der Waals surface area (Å²) in [4.78, 5) is 12.3. The molecule has 0 amide bonds. The number of aryl methyl sites for hydroxylation is 2. The smallest absolute Gasteiger partial charge is 0.289 e. The first-order valence-electron chi connectivity index (χ1n) is 6.91. The zero-order chi connectivity index (χ0) is 17.0. The molecule has 0 N–H and O–H groups in total. The second-order valence-electron chi connectivity index (χ2n) is 4.96. The van der Waals surface area contributed by atoms with Crippen molar-refractivity contribution in [3.63, 3.8) is 0 Å². The summed E-state index contributed by atoms with van der Waals surface area (Å²) in [6, 6.07) is 8.96. The number of aromatic nitrogens is 1. The lowest BCUT2D eigenvalue weighted by Gasteiger charge is -2.07. The van der Waals surface area contributed by atoms with Crippen LogP contribution in [-0.4, -0.2) is 25.1 Å². The zero-order valence-electron chi connectivity index (χ0n) is 13.5. The van der Waals surface area contributed by atoms with Crippen molar-refractivity contribution in [1.82, 2.24) is 4.68 Å². The number of rotatable bonds is 4. The molecule has 0 aliphatic rings. The molecule has 23 heavy (non-hydrogen) atoms. The first-order chi connectivity index (χ1) is 11.0. The average Bonchev–Trinajstić information content (AvgIpc) is 2.54. The first-order valence-corrected chi connectivity index (χ1v) is 6.91. The van der Waals surface area contributed by atoms with Crippen LogP contribution in [0.2, 0.25) is 0 Å². The Morgan fingerprint density at radius 1 is 1.13 bits per heavy atom. The molecule has 0 fully saturated rings. The molecule has 0 radical (unpaired) electrons. The predicted octanol–water partition coefficient (Wildman–Crippen LogP) is 2.24. The highest BCUT2D eigenvalue weighted by Crippen LogP contribution is 2.21. The fourth-order valence-electron chi connectivity index (χ4n) is 2.19. The van der Waals surface area contributed by atoms with Gasteiger partial charge in [0.25, 0.3) is 5.56 Å². The number of nitriles is 1. The molecule has 0 saturated carbocycles. The highest BCUT2D eigenvalue weighted by molar-refractivity contribution is 5.81. The van der Waals surface area contributed by atoms with Crippen molar-refractivity contribution in [3.05, 3.63) is 57.0 Å². The van der Waals surface area contributed by atoms with E-state index in [0.29, 0.717) is 28.3 Å². The summed E-state index contributed by atoms with van der Waals surface area (Å²) < 4.78 is 11.6. The normalized spacial score (nSPS) is 10.6. The van der Waals surface area contributed by atoms with E-state index in [9.17, 15) is 4.79 Å². The van der Waals surface area contributed by atoms with E-state index < -0.39 is 5.56 Å². The van der Waals surface area contributed by atoms with Gasteiger partial charge < -0.3 is 9.47 Å². The maximum absolute atomic E-state index is 12.3. The van der Waals surface area contributed by atoms with Crippen molar-refractivity contribution in [2.75, 3.05) is 14.2 Å². The molecule has 6 heteroatoms. The van der Waals surface area contributed by atoms with Crippen LogP contribution in [0.5, 0.6) is 11.5 Å². The lowest BCUT2D eigenvalue weighted by atomic mass is 10.1. The van der Waals surface area contributed by atoms with Gasteiger partial charge in [-0.25, -0.2) is 4.68 Å². The molecule has 0 aliphatic heterocycles. The number of pyridine rings is 1. The summed E-state index contributed by atoms with van der Waals surface area (Å²) in [5.74, 6) is 1.24. The highest BCUT2D eigenvalue weighted by atomic mass is 16.5. The minimum absolute atomic E-state index is 0.0935. The van der Waals surface area contributed by atoms with E-state index in [4.69, 9.17) is 14.7 Å². The van der Waals surface area contributed by atoms with Crippen molar-refractivity contribution in [3.8, 4) is 17.6 Å². The van der Waals surface area contributed by atoms with E-state index >= 15 is 0 Å². The van der Waals surface area contributed by atoms with Gasteiger partial charge in [0.15, 0.2) is 0 Å². The van der Waals surface area contributed by atoms with Crippen LogP contribution in [0, 0.1) is 25.2 Å². The van der Waals surface area contributed by atoms with E-state index in [1.165, 1.54) is 10.9 Å². The van der Waals surface area contributed by atoms with Crippen LogP contribution in [0.15, 0.2) is 34.2 Å². The van der Waals surface area contributed by atoms with E-state index in [2.05, 4.69) is 5.10 Å². The Morgan fingerprint density at radius 2 is 1.74 bits per heavy atom. The number of methoxy groups -OCH3 is 2. The number of hydrogen-bond donors (Lipinski definition) is 0. The Morgan fingerprint density at radius 3 is 2.26 bits per heavy atom. The van der Waals surface area contributed by atoms with Crippen molar-refractivity contribution < 1.29 is 9.47 Å². The summed E-state index contributed by atoms with van der Waals surface area (Å²) in [6.07, 6.45) is 1.52. The Kier molecular flexibility index (Phi) is 4.82. The Labute approximate surface area is 134 Å². The minimum atomic E-state index is -0.434. The first kappa shape index (κ1) is 16.3. The number of hydrogen-bond acceptors (Lipinski definition) is 5. The molecule has 0 unspecified atom stereocenters. The average molecular weight is 311 g/mol. The number of nitrogens with zero attached hydrogens (tertiary/aromatic N) is 3. The summed E-state index contributed by atoms with van der Waals surface area (Å²) in [7, 11) is 3.12. The van der Waals surface area contributed by atoms with E-state index in [0.717, 1.165) is 0 Å². The third kappa shape index (κ3) is 3.40. The van der Waals surface area contributed by atoms with Crippen molar-refractivity contribution in [2.24, 2.45) is 5.10 Å². The van der Waals surface area contributed by atoms with Gasteiger partial charge in [-0.3, -0.25) is 4.79 Å². The highest BCUT2D eigenvalue weighted by Gasteiger charge is 2.09. The molecular formula is C17H17N3O3. The van der Waals surface area contributed by atoms with Gasteiger partial charge in [-0.05, 0) is 37.6 Å². The largest absolute Gasteiger partial charge is 0.497 e. The van der Waals surface area contributed by atoms with Crippen molar-refractivity contribution in [2.45, 2.75) is 13.8 Å². The van der Waals surface area contributed by atoms with Gasteiger partial charge in [-0.2, -0.15) is 10.4 Å². The summed E-state index contributed by atoms with van der Waals surface area (Å²) >= 11 is 0. The molecule has 0 saturated heterocycles. The van der Waals surface area contributed by atoms with Crippen LogP contribution in [0.1, 0.15) is 22.4 Å². The standard InChI is InChI=1S/C17H17N3O3/c1-11-5-12(2)20(17(21)16(11)9-18)19-10-13-6-14(22-3)8-15(7-13)23-4/h5-8,10H,1-4H3. The molecule has 2 aromatic rings. The monoisotopic (exact) mass is 311 g/mol. The summed E-state index contributed by atoms with van der Waals surface area (Å²) in [5.41, 5.74) is 1.67. The van der Waals surface area contributed by atoms with Crippen LogP contribution >= 0.6 is 0 Å². The molecule has 6 nitrogen and oxygen atoms in total. The van der Waals surface area contributed by atoms with E-state index in [1.54, 1.807) is 52.3 Å². The summed E-state index contributed by atoms with van der Waals surface area (Å²) in [6.45, 7) is 3.49. The molecule has 1 aromatic heterocycles. The molecule has 1 heterocycles. The number of benzene rings is 1. The van der Waals surface area contributed by atoms with Gasteiger partial charge in [0, 0.05) is 17.3 Å². The summed E-state index contributed by atoms with van der Waals surface area (Å²) in [5, 5.41) is 13.3. The predicted molar refractivity (Wildman–Crippen MR) is 87.4 cm³/mol. The quantitative estimate of drug-likeness (QED) is 0.811. The third-order valence-electron chi connectivity index (χ3n) is 3.37. The van der Waals surface area contributed by atoms with Gasteiger partial charge >= 0.3 is 0 Å². The van der Waals surface area contributed by atoms with Crippen LogP contribution in [-0.2, 0) is 0 Å². The van der Waals surface area contributed by atoms with Crippen LogP contribution in [0.4, 0.5) is 0 Å². The van der Waals surface area contributed by atoms with Crippen LogP contribution in [0.25, 0.3) is 0 Å². The fraction of sp³-hybridized carbons (Fsp3) is 0.235. The number of ether oxygens (including phenoxy) is 2. The maximum Gasteiger partial charge on any atom is 0.289 e. The lowest BCUT2D eigenvalue weighted by molar-refractivity contribution is 0.394. The van der Waals surface area contributed by atoms with Gasteiger partial charge in [0.05, 0.1) is 20.4 Å². The van der Waals surface area contributed by atoms with Crippen molar-refractivity contribution >= 4 is 6.21 Å². The maximum atomic E-state index is 12.3. The second-order valence-corrected chi connectivity index (χ2v) is 4.96. The molecule has 0 spiro atoms. The Balaban J connectivity index is 2.50. The Hall–Kier alpha value is -3.07. The fourth-order valence-corrected chi connectivity index (χ4v) is 2.19. The van der Waals surface area contributed by atoms with Gasteiger partial charge in [0.1, 0.15) is 23.1 Å². The zero-order valence-corrected chi connectivity index (χ0v) is 13.5. The molecule has 0 bridgehead atoms. The topological polar surface area (TPSA) is 76.6 Å². The molecule has 0 aliphatic carbocycles. The molecule has 2 rings (SSSR count). The van der Waals surface area contributed by atoms with Gasteiger partial charge in [-0.1, -0.05) is 0 Å². The molecule has 0 atom stereocenters. The van der Waals surface area contributed by atoms with Gasteiger partial charge in [0.2, 0.25) is 0 Å². The van der Waals surface area contributed by atoms with E-state index in [1.807, 2.05) is 6.07 Å². The Bertz CT molecular complexity index is 838. The second kappa shape index (κ2) is 6.79. The minimum Gasteiger partial charge on any atom is -0.497 e.